The van der Waals surface area contributed by atoms with Gasteiger partial charge in [-0.15, -0.1) is 0 Å². The molecule has 1 aromatic heterocycles. The fraction of sp³-hybridized carbons (Fsp3) is 0.636. The van der Waals surface area contributed by atoms with E-state index in [-0.39, 0.29) is 0 Å². The lowest BCUT2D eigenvalue weighted by Gasteiger charge is -2.38. The highest BCUT2D eigenvalue weighted by atomic mass is 19.1. The SMILES string of the molecule is CC1(C)CCCN(c2cc(F)ncn2)C1. The fourth-order valence-electron chi connectivity index (χ4n) is 2.12. The molecule has 3 nitrogen and oxygen atoms in total. The van der Waals surface area contributed by atoms with Gasteiger partial charge in [0.15, 0.2) is 0 Å². The molecule has 0 aliphatic carbocycles. The molecule has 0 radical (unpaired) electrons. The Kier molecular flexibility index (Phi) is 2.59. The van der Waals surface area contributed by atoms with Crippen molar-refractivity contribution in [3.63, 3.8) is 0 Å². The monoisotopic (exact) mass is 209 g/mol. The van der Waals surface area contributed by atoms with Crippen LogP contribution in [0.5, 0.6) is 0 Å². The molecule has 15 heavy (non-hydrogen) atoms. The van der Waals surface area contributed by atoms with Crippen molar-refractivity contribution in [2.45, 2.75) is 26.7 Å². The van der Waals surface area contributed by atoms with Gasteiger partial charge in [-0.1, -0.05) is 13.8 Å². The molecule has 2 rings (SSSR count). The lowest BCUT2D eigenvalue weighted by Crippen LogP contribution is -2.40. The van der Waals surface area contributed by atoms with E-state index in [4.69, 9.17) is 0 Å². The van der Waals surface area contributed by atoms with Crippen LogP contribution in [-0.4, -0.2) is 23.1 Å². The highest BCUT2D eigenvalue weighted by Gasteiger charge is 2.27. The molecule has 0 aromatic carbocycles. The Morgan fingerprint density at radius 1 is 1.40 bits per heavy atom. The summed E-state index contributed by atoms with van der Waals surface area (Å²) >= 11 is 0. The number of aromatic nitrogens is 2. The summed E-state index contributed by atoms with van der Waals surface area (Å²) in [5.74, 6) is 0.249. The number of hydrogen-bond acceptors (Lipinski definition) is 3. The predicted molar refractivity (Wildman–Crippen MR) is 57.2 cm³/mol. The van der Waals surface area contributed by atoms with E-state index in [1.165, 1.54) is 18.8 Å². The summed E-state index contributed by atoms with van der Waals surface area (Å²) in [6, 6.07) is 1.40. The minimum Gasteiger partial charge on any atom is -0.356 e. The van der Waals surface area contributed by atoms with Crippen LogP contribution in [0.25, 0.3) is 0 Å². The van der Waals surface area contributed by atoms with Gasteiger partial charge in [0.2, 0.25) is 5.95 Å². The molecule has 0 spiro atoms. The maximum Gasteiger partial charge on any atom is 0.218 e. The topological polar surface area (TPSA) is 29.0 Å². The first-order valence-corrected chi connectivity index (χ1v) is 5.29. The molecular weight excluding hydrogens is 193 g/mol. The second kappa shape index (κ2) is 3.76. The number of halogens is 1. The second-order valence-electron chi connectivity index (χ2n) is 4.89. The molecule has 0 saturated carbocycles. The van der Waals surface area contributed by atoms with Crippen LogP contribution in [0.15, 0.2) is 12.4 Å². The number of piperidine rings is 1. The van der Waals surface area contributed by atoms with E-state index in [0.717, 1.165) is 19.5 Å². The van der Waals surface area contributed by atoms with Crippen molar-refractivity contribution in [2.75, 3.05) is 18.0 Å². The molecule has 0 atom stereocenters. The first-order valence-electron chi connectivity index (χ1n) is 5.29. The highest BCUT2D eigenvalue weighted by Crippen LogP contribution is 2.30. The van der Waals surface area contributed by atoms with Crippen LogP contribution < -0.4 is 4.90 Å². The van der Waals surface area contributed by atoms with Crippen molar-refractivity contribution in [3.05, 3.63) is 18.3 Å². The fourth-order valence-corrected chi connectivity index (χ4v) is 2.12. The molecule has 0 amide bonds. The molecule has 1 aliphatic heterocycles. The van der Waals surface area contributed by atoms with Crippen LogP contribution in [-0.2, 0) is 0 Å². The molecule has 1 aliphatic rings. The Bertz CT molecular complexity index is 351. The maximum absolute atomic E-state index is 12.9. The minimum absolute atomic E-state index is 0.291. The Balaban J connectivity index is 2.17. The van der Waals surface area contributed by atoms with E-state index in [9.17, 15) is 4.39 Å². The summed E-state index contributed by atoms with van der Waals surface area (Å²) in [4.78, 5) is 9.70. The second-order valence-corrected chi connectivity index (χ2v) is 4.89. The van der Waals surface area contributed by atoms with Gasteiger partial charge in [-0.2, -0.15) is 4.39 Å². The largest absolute Gasteiger partial charge is 0.356 e. The third kappa shape index (κ3) is 2.43. The van der Waals surface area contributed by atoms with Crippen LogP contribution in [0.4, 0.5) is 10.2 Å². The first kappa shape index (κ1) is 10.3. The van der Waals surface area contributed by atoms with Gasteiger partial charge in [0.1, 0.15) is 12.1 Å². The van der Waals surface area contributed by atoms with Crippen LogP contribution >= 0.6 is 0 Å². The molecule has 2 heterocycles. The van der Waals surface area contributed by atoms with Gasteiger partial charge in [0.05, 0.1) is 0 Å². The zero-order chi connectivity index (χ0) is 10.9. The van der Waals surface area contributed by atoms with Gasteiger partial charge in [-0.3, -0.25) is 0 Å². The van der Waals surface area contributed by atoms with E-state index >= 15 is 0 Å². The van der Waals surface area contributed by atoms with Crippen molar-refractivity contribution in [2.24, 2.45) is 5.41 Å². The smallest absolute Gasteiger partial charge is 0.218 e. The third-order valence-corrected chi connectivity index (χ3v) is 2.84. The molecule has 1 aromatic rings. The number of rotatable bonds is 1. The quantitative estimate of drug-likeness (QED) is 0.664. The highest BCUT2D eigenvalue weighted by molar-refractivity contribution is 5.37. The summed E-state index contributed by atoms with van der Waals surface area (Å²) in [5, 5.41) is 0. The van der Waals surface area contributed by atoms with Crippen molar-refractivity contribution >= 4 is 5.82 Å². The van der Waals surface area contributed by atoms with Crippen LogP contribution in [0.3, 0.4) is 0 Å². The standard InChI is InChI=1S/C11H16FN3/c1-11(2)4-3-5-15(7-11)10-6-9(12)13-8-14-10/h6,8H,3-5,7H2,1-2H3. The summed E-state index contributed by atoms with van der Waals surface area (Å²) in [6.45, 7) is 6.36. The first-order chi connectivity index (χ1) is 7.07. The lowest BCUT2D eigenvalue weighted by molar-refractivity contribution is 0.292. The van der Waals surface area contributed by atoms with Gasteiger partial charge in [0, 0.05) is 19.2 Å². The molecule has 1 saturated heterocycles. The van der Waals surface area contributed by atoms with Gasteiger partial charge >= 0.3 is 0 Å². The molecule has 0 bridgehead atoms. The molecule has 0 N–H and O–H groups in total. The Morgan fingerprint density at radius 3 is 2.87 bits per heavy atom. The van der Waals surface area contributed by atoms with E-state index in [1.54, 1.807) is 0 Å². The van der Waals surface area contributed by atoms with Crippen LogP contribution in [0.2, 0.25) is 0 Å². The molecule has 4 heteroatoms. The van der Waals surface area contributed by atoms with Gasteiger partial charge in [-0.25, -0.2) is 9.97 Å². The normalized spacial score (nSPS) is 20.3. The molecular formula is C11H16FN3. The van der Waals surface area contributed by atoms with Crippen molar-refractivity contribution < 1.29 is 4.39 Å². The number of nitrogens with zero attached hydrogens (tertiary/aromatic N) is 3. The van der Waals surface area contributed by atoms with E-state index in [0.29, 0.717) is 11.2 Å². The van der Waals surface area contributed by atoms with Gasteiger partial charge in [-0.05, 0) is 18.3 Å². The summed E-state index contributed by atoms with van der Waals surface area (Å²) in [6.07, 6.45) is 3.64. The van der Waals surface area contributed by atoms with E-state index in [2.05, 4.69) is 28.7 Å². The number of anilines is 1. The van der Waals surface area contributed by atoms with E-state index in [1.807, 2.05) is 0 Å². The molecule has 1 fully saturated rings. The minimum atomic E-state index is -0.455. The number of hydrogen-bond donors (Lipinski definition) is 0. The summed E-state index contributed by atoms with van der Waals surface area (Å²) in [7, 11) is 0. The van der Waals surface area contributed by atoms with Crippen LogP contribution in [0.1, 0.15) is 26.7 Å². The summed E-state index contributed by atoms with van der Waals surface area (Å²) in [5.41, 5.74) is 0.291. The third-order valence-electron chi connectivity index (χ3n) is 2.84. The molecule has 0 unspecified atom stereocenters. The zero-order valence-electron chi connectivity index (χ0n) is 9.20. The predicted octanol–water partition coefficient (Wildman–Crippen LogP) is 2.24. The Labute approximate surface area is 89.3 Å². The maximum atomic E-state index is 12.9. The average molecular weight is 209 g/mol. The Morgan fingerprint density at radius 2 is 2.20 bits per heavy atom. The van der Waals surface area contributed by atoms with Crippen molar-refractivity contribution in [1.82, 2.24) is 9.97 Å². The van der Waals surface area contributed by atoms with Crippen LogP contribution in [0, 0.1) is 11.4 Å². The van der Waals surface area contributed by atoms with Gasteiger partial charge < -0.3 is 4.90 Å². The van der Waals surface area contributed by atoms with Crippen molar-refractivity contribution in [1.29, 1.82) is 0 Å². The summed E-state index contributed by atoms with van der Waals surface area (Å²) < 4.78 is 12.9. The van der Waals surface area contributed by atoms with E-state index < -0.39 is 5.95 Å². The Hall–Kier alpha value is -1.19. The molecule has 82 valence electrons. The van der Waals surface area contributed by atoms with Crippen molar-refractivity contribution in [3.8, 4) is 0 Å². The van der Waals surface area contributed by atoms with Gasteiger partial charge in [0.25, 0.3) is 0 Å². The average Bonchev–Trinajstić information content (AvgIpc) is 2.16. The zero-order valence-corrected chi connectivity index (χ0v) is 9.20. The lowest BCUT2D eigenvalue weighted by atomic mass is 9.84.